The summed E-state index contributed by atoms with van der Waals surface area (Å²) in [6.07, 6.45) is 0. The average Bonchev–Trinajstić information content (AvgIpc) is 2.62. The summed E-state index contributed by atoms with van der Waals surface area (Å²) in [4.78, 5) is 0. The van der Waals surface area contributed by atoms with Crippen LogP contribution in [0.15, 0.2) is 36.4 Å². The van der Waals surface area contributed by atoms with Crippen molar-refractivity contribution in [1.29, 1.82) is 0 Å². The van der Waals surface area contributed by atoms with Crippen LogP contribution in [0.2, 0.25) is 0 Å². The molecule has 0 radical (unpaired) electrons. The lowest BCUT2D eigenvalue weighted by atomic mass is 9.86. The molecule has 1 aromatic heterocycles. The third-order valence-electron chi connectivity index (χ3n) is 6.24. The van der Waals surface area contributed by atoms with Crippen LogP contribution in [0.1, 0.15) is 87.2 Å². The van der Waals surface area contributed by atoms with E-state index >= 15 is 0 Å². The molecule has 0 fully saturated rings. The number of aromatic nitrogens is 1. The Bertz CT molecular complexity index is 1020. The van der Waals surface area contributed by atoms with E-state index in [-0.39, 0.29) is 0 Å². The molecule has 0 atom stereocenters. The van der Waals surface area contributed by atoms with Crippen LogP contribution in [0, 0.1) is 13.8 Å². The van der Waals surface area contributed by atoms with Crippen molar-refractivity contribution >= 4 is 10.8 Å². The third-order valence-corrected chi connectivity index (χ3v) is 6.24. The lowest BCUT2D eigenvalue weighted by Crippen LogP contribution is -2.35. The van der Waals surface area contributed by atoms with Crippen LogP contribution in [0.25, 0.3) is 22.0 Å². The maximum absolute atomic E-state index is 2.43. The van der Waals surface area contributed by atoms with Gasteiger partial charge in [-0.2, -0.15) is 4.57 Å². The number of pyridine rings is 1. The summed E-state index contributed by atoms with van der Waals surface area (Å²) in [5.41, 5.74) is 9.73. The van der Waals surface area contributed by atoms with Gasteiger partial charge in [-0.25, -0.2) is 0 Å². The number of rotatable bonds is 4. The first kappa shape index (κ1) is 20.6. The molecule has 0 aliphatic heterocycles. The molecular formula is C27H36N+. The fourth-order valence-corrected chi connectivity index (χ4v) is 4.22. The van der Waals surface area contributed by atoms with Gasteiger partial charge >= 0.3 is 0 Å². The summed E-state index contributed by atoms with van der Waals surface area (Å²) in [6.45, 7) is 18.2. The Hall–Kier alpha value is -2.15. The quantitative estimate of drug-likeness (QED) is 0.421. The molecule has 1 nitrogen and oxygen atoms in total. The van der Waals surface area contributed by atoms with Crippen molar-refractivity contribution in [1.82, 2.24) is 0 Å². The summed E-state index contributed by atoms with van der Waals surface area (Å²) >= 11 is 0. The maximum atomic E-state index is 2.43. The van der Waals surface area contributed by atoms with Crippen LogP contribution in [0.4, 0.5) is 0 Å². The highest BCUT2D eigenvalue weighted by Crippen LogP contribution is 2.36. The number of benzene rings is 2. The van der Waals surface area contributed by atoms with Gasteiger partial charge < -0.3 is 0 Å². The van der Waals surface area contributed by atoms with E-state index in [0.29, 0.717) is 17.8 Å². The van der Waals surface area contributed by atoms with Crippen LogP contribution in [0.5, 0.6) is 0 Å². The number of nitrogens with zero attached hydrogens (tertiary/aromatic N) is 1. The van der Waals surface area contributed by atoms with E-state index in [2.05, 4.69) is 103 Å². The van der Waals surface area contributed by atoms with Crippen LogP contribution in [-0.4, -0.2) is 0 Å². The fraction of sp³-hybridized carbons (Fsp3) is 0.444. The van der Waals surface area contributed by atoms with E-state index in [9.17, 15) is 0 Å². The zero-order chi connectivity index (χ0) is 20.7. The lowest BCUT2D eigenvalue weighted by molar-refractivity contribution is -0.665. The van der Waals surface area contributed by atoms with E-state index in [1.165, 1.54) is 50.0 Å². The van der Waals surface area contributed by atoms with Gasteiger partial charge in [-0.1, -0.05) is 59.7 Å². The van der Waals surface area contributed by atoms with Gasteiger partial charge in [-0.05, 0) is 64.5 Å². The smallest absolute Gasteiger partial charge is 0.198 e. The monoisotopic (exact) mass is 374 g/mol. The van der Waals surface area contributed by atoms with Crippen molar-refractivity contribution in [3.8, 4) is 11.3 Å². The summed E-state index contributed by atoms with van der Waals surface area (Å²) in [5.74, 6) is 1.58. The molecule has 0 aliphatic rings. The summed E-state index contributed by atoms with van der Waals surface area (Å²) in [6, 6.07) is 14.2. The van der Waals surface area contributed by atoms with Crippen molar-refractivity contribution in [2.45, 2.75) is 73.1 Å². The van der Waals surface area contributed by atoms with Gasteiger partial charge in [-0.15, -0.1) is 0 Å². The van der Waals surface area contributed by atoms with E-state index < -0.39 is 0 Å². The molecule has 0 aliphatic carbocycles. The zero-order valence-electron chi connectivity index (χ0n) is 19.1. The predicted molar refractivity (Wildman–Crippen MR) is 122 cm³/mol. The molecule has 148 valence electrons. The molecule has 0 spiro atoms. The van der Waals surface area contributed by atoms with Gasteiger partial charge in [0.25, 0.3) is 0 Å². The van der Waals surface area contributed by atoms with Crippen molar-refractivity contribution in [3.05, 3.63) is 64.3 Å². The average molecular weight is 375 g/mol. The lowest BCUT2D eigenvalue weighted by Gasteiger charge is -2.19. The Kier molecular flexibility index (Phi) is 5.66. The third kappa shape index (κ3) is 3.60. The van der Waals surface area contributed by atoms with Crippen molar-refractivity contribution in [2.24, 2.45) is 7.05 Å². The van der Waals surface area contributed by atoms with Crippen LogP contribution < -0.4 is 4.57 Å². The maximum Gasteiger partial charge on any atom is 0.220 e. The van der Waals surface area contributed by atoms with E-state index in [1.807, 2.05) is 0 Å². The second-order valence-electron chi connectivity index (χ2n) is 9.29. The molecule has 1 heteroatoms. The standard InChI is InChI=1S/C27H36N/c1-16(2)21-10-11-24-23(13-21)12-19(7)28(9)27(24)26-15-22(17(3)4)14-25(18(5)6)20(26)8/h10-18H,1-9H3/q+1. The highest BCUT2D eigenvalue weighted by atomic mass is 14.9. The van der Waals surface area contributed by atoms with Gasteiger partial charge in [0.15, 0.2) is 5.69 Å². The number of hydrogen-bond acceptors (Lipinski definition) is 0. The minimum atomic E-state index is 0.519. The Balaban J connectivity index is 2.42. The van der Waals surface area contributed by atoms with E-state index in [0.717, 1.165) is 0 Å². The summed E-state index contributed by atoms with van der Waals surface area (Å²) in [5, 5.41) is 2.69. The summed E-state index contributed by atoms with van der Waals surface area (Å²) in [7, 11) is 2.21. The molecule has 1 heterocycles. The first-order valence-corrected chi connectivity index (χ1v) is 10.7. The van der Waals surface area contributed by atoms with E-state index in [4.69, 9.17) is 0 Å². The SMILES string of the molecule is Cc1c(-c2c3ccc(C(C)C)cc3cc(C)[n+]2C)cc(C(C)C)cc1C(C)C. The van der Waals surface area contributed by atoms with Gasteiger partial charge in [0.05, 0.1) is 10.9 Å². The Morgan fingerprint density at radius 1 is 0.714 bits per heavy atom. The molecule has 0 N–H and O–H groups in total. The zero-order valence-corrected chi connectivity index (χ0v) is 19.1. The van der Waals surface area contributed by atoms with Gasteiger partial charge in [-0.3, -0.25) is 0 Å². The Morgan fingerprint density at radius 2 is 1.36 bits per heavy atom. The molecule has 0 amide bonds. The second-order valence-corrected chi connectivity index (χ2v) is 9.29. The Morgan fingerprint density at radius 3 is 1.93 bits per heavy atom. The van der Waals surface area contributed by atoms with Crippen molar-refractivity contribution in [2.75, 3.05) is 0 Å². The topological polar surface area (TPSA) is 3.88 Å². The highest BCUT2D eigenvalue weighted by Gasteiger charge is 2.23. The molecular weight excluding hydrogens is 338 g/mol. The highest BCUT2D eigenvalue weighted by molar-refractivity contribution is 5.94. The second kappa shape index (κ2) is 7.70. The van der Waals surface area contributed by atoms with Crippen molar-refractivity contribution in [3.63, 3.8) is 0 Å². The molecule has 3 rings (SSSR count). The molecule has 0 saturated carbocycles. The summed E-state index contributed by atoms with van der Waals surface area (Å²) < 4.78 is 2.37. The van der Waals surface area contributed by atoms with Gasteiger partial charge in [0, 0.05) is 13.0 Å². The molecule has 2 aromatic carbocycles. The molecule has 0 unspecified atom stereocenters. The minimum absolute atomic E-state index is 0.519. The number of hydrogen-bond donors (Lipinski definition) is 0. The minimum Gasteiger partial charge on any atom is -0.198 e. The number of fused-ring (bicyclic) bond motifs is 1. The van der Waals surface area contributed by atoms with Crippen LogP contribution in [0.3, 0.4) is 0 Å². The predicted octanol–water partition coefficient (Wildman–Crippen LogP) is 7.32. The van der Waals surface area contributed by atoms with Crippen molar-refractivity contribution < 1.29 is 4.57 Å². The largest absolute Gasteiger partial charge is 0.220 e. The number of aryl methyl sites for hydroxylation is 1. The normalized spacial score (nSPS) is 12.0. The molecule has 28 heavy (non-hydrogen) atoms. The molecule has 3 aromatic rings. The van der Waals surface area contributed by atoms with Gasteiger partial charge in [0.1, 0.15) is 7.05 Å². The first-order valence-electron chi connectivity index (χ1n) is 10.7. The van der Waals surface area contributed by atoms with Gasteiger partial charge in [0.2, 0.25) is 5.69 Å². The van der Waals surface area contributed by atoms with Crippen LogP contribution in [-0.2, 0) is 7.05 Å². The van der Waals surface area contributed by atoms with E-state index in [1.54, 1.807) is 0 Å². The van der Waals surface area contributed by atoms with Crippen LogP contribution >= 0.6 is 0 Å². The molecule has 0 saturated heterocycles. The first-order chi connectivity index (χ1) is 13.1. The fourth-order valence-electron chi connectivity index (χ4n) is 4.22. The molecule has 0 bridgehead atoms. The Labute approximate surface area is 171 Å².